The second kappa shape index (κ2) is 4.46. The Labute approximate surface area is 77.1 Å². The first-order chi connectivity index (χ1) is 5.65. The van der Waals surface area contributed by atoms with Gasteiger partial charge in [0.05, 0.1) is 8.46 Å². The SMILES string of the molecule is CC(C)[C@@H]1CC[C@@H](C)C[C@H]1[PH2]=O. The van der Waals surface area contributed by atoms with Crippen molar-refractivity contribution in [2.75, 3.05) is 0 Å². The van der Waals surface area contributed by atoms with Gasteiger partial charge in [-0.1, -0.05) is 27.2 Å². The molecule has 0 amide bonds. The molecule has 1 aliphatic rings. The average molecular weight is 188 g/mol. The van der Waals surface area contributed by atoms with Gasteiger partial charge in [-0.15, -0.1) is 0 Å². The molecule has 1 rings (SSSR count). The van der Waals surface area contributed by atoms with E-state index in [1.807, 2.05) is 0 Å². The van der Waals surface area contributed by atoms with Crippen molar-refractivity contribution in [3.05, 3.63) is 0 Å². The van der Waals surface area contributed by atoms with E-state index in [2.05, 4.69) is 20.8 Å². The number of hydrogen-bond donors (Lipinski definition) is 0. The zero-order valence-electron chi connectivity index (χ0n) is 8.42. The molecule has 1 unspecified atom stereocenters. The summed E-state index contributed by atoms with van der Waals surface area (Å²) in [6.45, 7) is 6.82. The molecule has 1 saturated carbocycles. The van der Waals surface area contributed by atoms with Crippen LogP contribution in [-0.4, -0.2) is 5.66 Å². The largest absolute Gasteiger partial charge is 0.330 e. The molecule has 0 N–H and O–H groups in total. The van der Waals surface area contributed by atoms with Gasteiger partial charge in [0.1, 0.15) is 0 Å². The molecule has 0 aromatic rings. The molecule has 0 aromatic heterocycles. The lowest BCUT2D eigenvalue weighted by molar-refractivity contribution is 0.240. The van der Waals surface area contributed by atoms with E-state index in [0.29, 0.717) is 5.66 Å². The van der Waals surface area contributed by atoms with Gasteiger partial charge < -0.3 is 4.57 Å². The second-order valence-corrected chi connectivity index (χ2v) is 5.75. The predicted molar refractivity (Wildman–Crippen MR) is 55.5 cm³/mol. The maximum Gasteiger partial charge on any atom is 0.0677 e. The summed E-state index contributed by atoms with van der Waals surface area (Å²) in [5, 5.41) is 0. The third kappa shape index (κ3) is 2.36. The minimum Gasteiger partial charge on any atom is -0.330 e. The van der Waals surface area contributed by atoms with E-state index in [9.17, 15) is 4.57 Å². The molecule has 1 fully saturated rings. The normalized spacial score (nSPS) is 38.2. The molecular formula is C10H21OP. The molecule has 2 heteroatoms. The lowest BCUT2D eigenvalue weighted by atomic mass is 9.77. The lowest BCUT2D eigenvalue weighted by Crippen LogP contribution is -2.28. The van der Waals surface area contributed by atoms with Crippen LogP contribution in [0.4, 0.5) is 0 Å². The van der Waals surface area contributed by atoms with Crippen molar-refractivity contribution < 1.29 is 4.57 Å². The van der Waals surface area contributed by atoms with Crippen LogP contribution in [-0.2, 0) is 4.57 Å². The summed E-state index contributed by atoms with van der Waals surface area (Å²) < 4.78 is 11.0. The zero-order valence-corrected chi connectivity index (χ0v) is 9.57. The summed E-state index contributed by atoms with van der Waals surface area (Å²) in [4.78, 5) is 0. The van der Waals surface area contributed by atoms with Gasteiger partial charge in [0.25, 0.3) is 0 Å². The van der Waals surface area contributed by atoms with Crippen molar-refractivity contribution in [3.8, 4) is 0 Å². The van der Waals surface area contributed by atoms with Crippen molar-refractivity contribution in [2.45, 2.75) is 45.7 Å². The van der Waals surface area contributed by atoms with Gasteiger partial charge in [0, 0.05) is 5.66 Å². The highest BCUT2D eigenvalue weighted by Gasteiger charge is 2.29. The Hall–Kier alpha value is 0.230. The summed E-state index contributed by atoms with van der Waals surface area (Å²) >= 11 is 0. The topological polar surface area (TPSA) is 17.1 Å². The Balaban J connectivity index is 2.56. The van der Waals surface area contributed by atoms with Crippen LogP contribution in [0.1, 0.15) is 40.0 Å². The Bertz CT molecular complexity index is 156. The summed E-state index contributed by atoms with van der Waals surface area (Å²) in [5.74, 6) is 2.28. The second-order valence-electron chi connectivity index (χ2n) is 4.63. The lowest BCUT2D eigenvalue weighted by Gasteiger charge is -2.34. The van der Waals surface area contributed by atoms with Gasteiger partial charge in [0.2, 0.25) is 0 Å². The molecular weight excluding hydrogens is 167 g/mol. The van der Waals surface area contributed by atoms with Crippen molar-refractivity contribution in [2.24, 2.45) is 17.8 Å². The van der Waals surface area contributed by atoms with Gasteiger partial charge in [-0.25, -0.2) is 0 Å². The van der Waals surface area contributed by atoms with Crippen LogP contribution in [0.2, 0.25) is 0 Å². The molecule has 0 aromatic carbocycles. The Kier molecular flexibility index (Phi) is 3.83. The monoisotopic (exact) mass is 188 g/mol. The maximum atomic E-state index is 11.0. The molecule has 1 nitrogen and oxygen atoms in total. The van der Waals surface area contributed by atoms with Gasteiger partial charge in [-0.05, 0) is 30.6 Å². The fourth-order valence-corrected chi connectivity index (χ4v) is 3.85. The number of hydrogen-bond acceptors (Lipinski definition) is 1. The van der Waals surface area contributed by atoms with Gasteiger partial charge in [-0.2, -0.15) is 0 Å². The average Bonchev–Trinajstić information content (AvgIpc) is 2.03. The molecule has 0 spiro atoms. The highest BCUT2D eigenvalue weighted by atomic mass is 31.1. The summed E-state index contributed by atoms with van der Waals surface area (Å²) in [6, 6.07) is 0. The molecule has 0 saturated heterocycles. The molecule has 0 radical (unpaired) electrons. The quantitative estimate of drug-likeness (QED) is 0.608. The Morgan fingerprint density at radius 1 is 1.33 bits per heavy atom. The third-order valence-corrected chi connectivity index (χ3v) is 4.36. The standard InChI is InChI=1S/C10H21OP/c1-7(2)9-5-4-8(3)6-10(9)12-11/h7-10H,4-6,12H2,1-3H3/t8-,9+,10-/m1/s1. The molecule has 0 bridgehead atoms. The molecule has 0 heterocycles. The summed E-state index contributed by atoms with van der Waals surface area (Å²) in [6.07, 6.45) is 3.86. The first-order valence-electron chi connectivity index (χ1n) is 5.10. The Morgan fingerprint density at radius 2 is 2.00 bits per heavy atom. The predicted octanol–water partition coefficient (Wildman–Crippen LogP) is 3.20. The van der Waals surface area contributed by atoms with Crippen LogP contribution in [0, 0.1) is 17.8 Å². The first-order valence-corrected chi connectivity index (χ1v) is 6.24. The van der Waals surface area contributed by atoms with E-state index in [-0.39, 0.29) is 0 Å². The van der Waals surface area contributed by atoms with Crippen LogP contribution in [0.15, 0.2) is 0 Å². The third-order valence-electron chi connectivity index (χ3n) is 3.25. The summed E-state index contributed by atoms with van der Waals surface area (Å²) in [7, 11) is -0.544. The van der Waals surface area contributed by atoms with E-state index in [0.717, 1.165) is 17.8 Å². The Morgan fingerprint density at radius 3 is 2.50 bits per heavy atom. The van der Waals surface area contributed by atoms with Crippen LogP contribution in [0.3, 0.4) is 0 Å². The molecule has 0 aliphatic heterocycles. The van der Waals surface area contributed by atoms with Crippen LogP contribution >= 0.6 is 8.46 Å². The van der Waals surface area contributed by atoms with Crippen molar-refractivity contribution in [3.63, 3.8) is 0 Å². The highest BCUT2D eigenvalue weighted by molar-refractivity contribution is 7.24. The van der Waals surface area contributed by atoms with E-state index in [1.165, 1.54) is 19.3 Å². The summed E-state index contributed by atoms with van der Waals surface area (Å²) in [5.41, 5.74) is 0.550. The minimum absolute atomic E-state index is 0.544. The maximum absolute atomic E-state index is 11.0. The van der Waals surface area contributed by atoms with E-state index in [1.54, 1.807) is 0 Å². The highest BCUT2D eigenvalue weighted by Crippen LogP contribution is 2.39. The molecule has 4 atom stereocenters. The number of rotatable bonds is 2. The van der Waals surface area contributed by atoms with E-state index < -0.39 is 8.46 Å². The fourth-order valence-electron chi connectivity index (χ4n) is 2.43. The molecule has 1 aliphatic carbocycles. The fraction of sp³-hybridized carbons (Fsp3) is 1.00. The van der Waals surface area contributed by atoms with E-state index in [4.69, 9.17) is 0 Å². The van der Waals surface area contributed by atoms with Crippen molar-refractivity contribution in [1.29, 1.82) is 0 Å². The minimum atomic E-state index is -0.544. The zero-order chi connectivity index (χ0) is 9.14. The first kappa shape index (κ1) is 10.3. The van der Waals surface area contributed by atoms with Crippen LogP contribution in [0.5, 0.6) is 0 Å². The van der Waals surface area contributed by atoms with Crippen molar-refractivity contribution in [1.82, 2.24) is 0 Å². The smallest absolute Gasteiger partial charge is 0.0677 e. The van der Waals surface area contributed by atoms with Gasteiger partial charge in [0.15, 0.2) is 0 Å². The van der Waals surface area contributed by atoms with Gasteiger partial charge >= 0.3 is 0 Å². The molecule has 72 valence electrons. The van der Waals surface area contributed by atoms with E-state index >= 15 is 0 Å². The van der Waals surface area contributed by atoms with Crippen LogP contribution < -0.4 is 0 Å². The van der Waals surface area contributed by atoms with Crippen molar-refractivity contribution >= 4 is 8.46 Å². The van der Waals surface area contributed by atoms with Crippen LogP contribution in [0.25, 0.3) is 0 Å². The molecule has 12 heavy (non-hydrogen) atoms. The van der Waals surface area contributed by atoms with Gasteiger partial charge in [-0.3, -0.25) is 0 Å².